The van der Waals surface area contributed by atoms with E-state index in [4.69, 9.17) is 5.73 Å². The van der Waals surface area contributed by atoms with Crippen molar-refractivity contribution in [2.24, 2.45) is 12.8 Å². The Hall–Kier alpha value is -0.850. The van der Waals surface area contributed by atoms with Crippen molar-refractivity contribution in [2.45, 2.75) is 17.9 Å². The lowest BCUT2D eigenvalue weighted by Gasteiger charge is -2.12. The molecule has 0 radical (unpaired) electrons. The number of thioether (sulfide) groups is 1. The lowest BCUT2D eigenvalue weighted by Crippen LogP contribution is -2.16. The molecule has 2 rings (SSSR count). The van der Waals surface area contributed by atoms with Crippen LogP contribution >= 0.6 is 27.7 Å². The van der Waals surface area contributed by atoms with Gasteiger partial charge in [-0.25, -0.2) is 4.68 Å². The van der Waals surface area contributed by atoms with Crippen molar-refractivity contribution in [2.75, 3.05) is 5.75 Å². The molecule has 1 aromatic heterocycles. The highest BCUT2D eigenvalue weighted by Gasteiger charge is 2.17. The van der Waals surface area contributed by atoms with Crippen molar-refractivity contribution in [3.8, 4) is 0 Å². The number of nitrogens with zero attached hydrogens (tertiary/aromatic N) is 3. The van der Waals surface area contributed by atoms with Gasteiger partial charge >= 0.3 is 0 Å². The maximum Gasteiger partial charge on any atom is 0.153 e. The van der Waals surface area contributed by atoms with Gasteiger partial charge in [-0.15, -0.1) is 16.9 Å². The van der Waals surface area contributed by atoms with Crippen LogP contribution in [0.15, 0.2) is 33.8 Å². The zero-order valence-corrected chi connectivity index (χ0v) is 12.7. The fraction of sp³-hybridized carbons (Fsp3) is 0.333. The number of hydrogen-bond acceptors (Lipinski definition) is 4. The first-order valence-corrected chi connectivity index (χ1v) is 7.44. The summed E-state index contributed by atoms with van der Waals surface area (Å²) < 4.78 is 2.40. The van der Waals surface area contributed by atoms with Gasteiger partial charge in [-0.2, -0.15) is 0 Å². The van der Waals surface area contributed by atoms with Crippen molar-refractivity contribution in [3.05, 3.63) is 40.1 Å². The summed E-state index contributed by atoms with van der Waals surface area (Å²) in [4.78, 5) is 1.26. The van der Waals surface area contributed by atoms with Gasteiger partial charge in [0.2, 0.25) is 0 Å². The van der Waals surface area contributed by atoms with E-state index in [1.165, 1.54) is 4.90 Å². The lowest BCUT2D eigenvalue weighted by molar-refractivity contribution is 0.650. The van der Waals surface area contributed by atoms with Crippen LogP contribution in [0.5, 0.6) is 0 Å². The van der Waals surface area contributed by atoms with E-state index < -0.39 is 0 Å². The summed E-state index contributed by atoms with van der Waals surface area (Å²) in [6.07, 6.45) is 0. The van der Waals surface area contributed by atoms with Gasteiger partial charge in [-0.3, -0.25) is 0 Å². The smallest absolute Gasteiger partial charge is 0.153 e. The Bertz CT molecular complexity index is 504. The Morgan fingerprint density at radius 2 is 2.06 bits per heavy atom. The third-order valence-electron chi connectivity index (χ3n) is 2.67. The molecular weight excluding hydrogens is 312 g/mol. The summed E-state index contributed by atoms with van der Waals surface area (Å²) in [5.41, 5.74) is 8.19. The third-order valence-corrected chi connectivity index (χ3v) is 4.13. The van der Waals surface area contributed by atoms with Crippen molar-refractivity contribution >= 4 is 27.7 Å². The van der Waals surface area contributed by atoms with Gasteiger partial charge in [0.05, 0.1) is 11.7 Å². The fourth-order valence-electron chi connectivity index (χ4n) is 1.76. The first-order valence-electron chi connectivity index (χ1n) is 5.67. The molecule has 18 heavy (non-hydrogen) atoms. The van der Waals surface area contributed by atoms with E-state index in [-0.39, 0.29) is 6.04 Å². The van der Waals surface area contributed by atoms with E-state index in [1.807, 2.05) is 18.8 Å². The van der Waals surface area contributed by atoms with Gasteiger partial charge in [0.1, 0.15) is 0 Å². The van der Waals surface area contributed by atoms with Crippen LogP contribution in [0.3, 0.4) is 0 Å². The largest absolute Gasteiger partial charge is 0.319 e. The Morgan fingerprint density at radius 3 is 2.56 bits per heavy atom. The molecule has 1 heterocycles. The number of benzene rings is 1. The molecule has 0 aliphatic carbocycles. The average Bonchev–Trinajstić information content (AvgIpc) is 2.70. The quantitative estimate of drug-likeness (QED) is 0.878. The molecule has 2 aromatic rings. The van der Waals surface area contributed by atoms with Crippen molar-refractivity contribution in [1.82, 2.24) is 15.0 Å². The monoisotopic (exact) mass is 326 g/mol. The molecule has 96 valence electrons. The van der Waals surface area contributed by atoms with Gasteiger partial charge in [-0.1, -0.05) is 24.3 Å². The van der Waals surface area contributed by atoms with E-state index in [1.54, 1.807) is 4.68 Å². The fourth-order valence-corrected chi connectivity index (χ4v) is 3.00. The van der Waals surface area contributed by atoms with E-state index in [2.05, 4.69) is 57.4 Å². The van der Waals surface area contributed by atoms with Crippen LogP contribution in [-0.2, 0) is 7.05 Å². The van der Waals surface area contributed by atoms with Crippen LogP contribution in [0.4, 0.5) is 0 Å². The van der Waals surface area contributed by atoms with Crippen molar-refractivity contribution < 1.29 is 0 Å². The van der Waals surface area contributed by atoms with Gasteiger partial charge in [0.25, 0.3) is 0 Å². The van der Waals surface area contributed by atoms with E-state index in [0.717, 1.165) is 17.0 Å². The van der Waals surface area contributed by atoms with Crippen LogP contribution in [0.2, 0.25) is 0 Å². The summed E-state index contributed by atoms with van der Waals surface area (Å²) in [6.45, 7) is 2.14. The van der Waals surface area contributed by atoms with Crippen LogP contribution in [0.1, 0.15) is 24.2 Å². The number of halogens is 1. The highest BCUT2D eigenvalue weighted by Crippen LogP contribution is 2.26. The minimum atomic E-state index is -0.222. The van der Waals surface area contributed by atoms with Gasteiger partial charge in [0.15, 0.2) is 4.60 Å². The normalized spacial score (nSPS) is 12.7. The summed E-state index contributed by atoms with van der Waals surface area (Å²) >= 11 is 5.20. The first kappa shape index (κ1) is 13.6. The summed E-state index contributed by atoms with van der Waals surface area (Å²) in [5, 5.41) is 7.90. The standard InChI is InChI=1S/C12H15BrN4S/c1-3-18-9-6-4-8(5-7-9)10(14)11-12(13)15-16-17(11)2/h4-7,10H,3,14H2,1-2H3. The third kappa shape index (κ3) is 2.76. The predicted molar refractivity (Wildman–Crippen MR) is 77.6 cm³/mol. The van der Waals surface area contributed by atoms with Crippen LogP contribution < -0.4 is 5.73 Å². The number of nitrogens with two attached hydrogens (primary N) is 1. The second-order valence-corrected chi connectivity index (χ2v) is 5.96. The maximum atomic E-state index is 6.25. The molecule has 0 bridgehead atoms. The number of hydrogen-bond donors (Lipinski definition) is 1. The van der Waals surface area contributed by atoms with Gasteiger partial charge < -0.3 is 5.73 Å². The molecule has 0 amide bonds. The van der Waals surface area contributed by atoms with Crippen molar-refractivity contribution in [1.29, 1.82) is 0 Å². The average molecular weight is 327 g/mol. The molecule has 0 aliphatic heterocycles. The summed E-state index contributed by atoms with van der Waals surface area (Å²) in [5.74, 6) is 1.07. The predicted octanol–water partition coefficient (Wildman–Crippen LogP) is 2.74. The highest BCUT2D eigenvalue weighted by atomic mass is 79.9. The van der Waals surface area contributed by atoms with Crippen LogP contribution in [-0.4, -0.2) is 20.7 Å². The molecule has 1 atom stereocenters. The zero-order valence-electron chi connectivity index (χ0n) is 10.3. The molecule has 0 saturated carbocycles. The molecule has 0 saturated heterocycles. The lowest BCUT2D eigenvalue weighted by atomic mass is 10.1. The Morgan fingerprint density at radius 1 is 1.39 bits per heavy atom. The second-order valence-electron chi connectivity index (χ2n) is 3.87. The minimum absolute atomic E-state index is 0.222. The molecule has 0 fully saturated rings. The van der Waals surface area contributed by atoms with Gasteiger partial charge in [-0.05, 0) is 39.4 Å². The maximum absolute atomic E-state index is 6.25. The molecule has 2 N–H and O–H groups in total. The number of aromatic nitrogens is 3. The molecule has 4 nitrogen and oxygen atoms in total. The summed E-state index contributed by atoms with van der Waals surface area (Å²) in [7, 11) is 1.84. The van der Waals surface area contributed by atoms with Crippen molar-refractivity contribution in [3.63, 3.8) is 0 Å². The number of rotatable bonds is 4. The topological polar surface area (TPSA) is 56.7 Å². The molecule has 1 aromatic carbocycles. The first-order chi connectivity index (χ1) is 8.63. The van der Waals surface area contributed by atoms with Gasteiger partial charge in [0, 0.05) is 11.9 Å². The van der Waals surface area contributed by atoms with Crippen LogP contribution in [0, 0.1) is 0 Å². The Kier molecular flexibility index (Phi) is 4.42. The second kappa shape index (κ2) is 5.86. The van der Waals surface area contributed by atoms with E-state index in [0.29, 0.717) is 4.60 Å². The molecule has 0 aliphatic rings. The summed E-state index contributed by atoms with van der Waals surface area (Å²) in [6, 6.07) is 8.09. The minimum Gasteiger partial charge on any atom is -0.319 e. The van der Waals surface area contributed by atoms with E-state index in [9.17, 15) is 0 Å². The highest BCUT2D eigenvalue weighted by molar-refractivity contribution is 9.10. The molecular formula is C12H15BrN4S. The molecule has 0 spiro atoms. The number of aryl methyl sites for hydroxylation is 1. The molecule has 6 heteroatoms. The zero-order chi connectivity index (χ0) is 13.1. The van der Waals surface area contributed by atoms with E-state index >= 15 is 0 Å². The Labute approximate surface area is 119 Å². The molecule has 1 unspecified atom stereocenters. The van der Waals surface area contributed by atoms with Crippen LogP contribution in [0.25, 0.3) is 0 Å². The SMILES string of the molecule is CCSc1ccc(C(N)c2c(Br)nnn2C)cc1. The Balaban J connectivity index is 2.26.